The zero-order chi connectivity index (χ0) is 27.2. The molecule has 0 saturated carbocycles. The Hall–Kier alpha value is -4.38. The van der Waals surface area contributed by atoms with Gasteiger partial charge in [0.25, 0.3) is 0 Å². The van der Waals surface area contributed by atoms with Crippen LogP contribution in [-0.2, 0) is 22.4 Å². The molecule has 10 nitrogen and oxygen atoms in total. The van der Waals surface area contributed by atoms with Crippen molar-refractivity contribution in [3.63, 3.8) is 0 Å². The Kier molecular flexibility index (Phi) is 8.07. The third-order valence-electron chi connectivity index (χ3n) is 6.36. The number of anilines is 1. The topological polar surface area (TPSA) is 134 Å². The third-order valence-corrected chi connectivity index (χ3v) is 6.59. The summed E-state index contributed by atoms with van der Waals surface area (Å²) in [7, 11) is 0. The number of aliphatic hydroxyl groups is 1. The Balaban J connectivity index is 1.33. The maximum Gasteiger partial charge on any atom is 0.247 e. The predicted octanol–water partition coefficient (Wildman–Crippen LogP) is 2.83. The van der Waals surface area contributed by atoms with Gasteiger partial charge in [0.15, 0.2) is 0 Å². The van der Waals surface area contributed by atoms with Crippen molar-refractivity contribution in [2.45, 2.75) is 25.1 Å². The first-order chi connectivity index (χ1) is 19.0. The van der Waals surface area contributed by atoms with Crippen LogP contribution in [0.2, 0.25) is 5.02 Å². The zero-order valence-electron chi connectivity index (χ0n) is 20.8. The highest BCUT2D eigenvalue weighted by molar-refractivity contribution is 6.30. The largest absolute Gasteiger partial charge is 0.374 e. The fraction of sp³-hybridized carbons (Fsp3) is 0.179. The molecule has 0 fully saturated rings. The van der Waals surface area contributed by atoms with E-state index < -0.39 is 18.2 Å². The van der Waals surface area contributed by atoms with E-state index in [4.69, 9.17) is 11.6 Å². The van der Waals surface area contributed by atoms with E-state index >= 15 is 0 Å². The standard InChI is InChI=1S/C28H26ClN7O3/c29-21-8-6-19(25(16-21)36-17-31-34-35-36)7-11-26(37)33-24(14-18-4-2-1-3-5-18)28(39)32-22-9-10-23-20(15-22)12-13-30-27(23)38/h1-11,15-17,24,27,30,38H,12-14H2,(H,32,39)(H,33,37)/b11-7+. The number of hydrogen-bond donors (Lipinski definition) is 4. The van der Waals surface area contributed by atoms with E-state index in [-0.39, 0.29) is 5.91 Å². The van der Waals surface area contributed by atoms with Gasteiger partial charge in [0, 0.05) is 35.3 Å². The van der Waals surface area contributed by atoms with Crippen LogP contribution in [0.15, 0.2) is 79.1 Å². The Bertz CT molecular complexity index is 1490. The van der Waals surface area contributed by atoms with Gasteiger partial charge in [0.1, 0.15) is 18.6 Å². The van der Waals surface area contributed by atoms with Gasteiger partial charge in [-0.25, -0.2) is 0 Å². The molecule has 1 aliphatic heterocycles. The lowest BCUT2D eigenvalue weighted by molar-refractivity contribution is -0.123. The molecule has 1 aliphatic rings. The highest BCUT2D eigenvalue weighted by Gasteiger charge is 2.22. The summed E-state index contributed by atoms with van der Waals surface area (Å²) in [5.41, 5.74) is 4.52. The average Bonchev–Trinajstić information content (AvgIpc) is 3.48. The molecule has 1 aromatic heterocycles. The molecule has 2 atom stereocenters. The van der Waals surface area contributed by atoms with Crippen molar-refractivity contribution in [1.82, 2.24) is 30.8 Å². The number of rotatable bonds is 8. The molecule has 4 aromatic rings. The second-order valence-corrected chi connectivity index (χ2v) is 9.49. The number of halogens is 1. The maximum atomic E-state index is 13.4. The van der Waals surface area contributed by atoms with E-state index in [0.717, 1.165) is 23.1 Å². The van der Waals surface area contributed by atoms with Crippen LogP contribution < -0.4 is 16.0 Å². The second-order valence-electron chi connectivity index (χ2n) is 9.05. The van der Waals surface area contributed by atoms with Gasteiger partial charge in [0.05, 0.1) is 5.69 Å². The number of nitrogens with zero attached hydrogens (tertiary/aromatic N) is 4. The van der Waals surface area contributed by atoms with Crippen LogP contribution in [-0.4, -0.2) is 49.7 Å². The van der Waals surface area contributed by atoms with Crippen LogP contribution in [0.4, 0.5) is 5.69 Å². The number of aliphatic hydroxyl groups excluding tert-OH is 1. The van der Waals surface area contributed by atoms with Gasteiger partial charge in [-0.2, -0.15) is 4.68 Å². The van der Waals surface area contributed by atoms with E-state index in [2.05, 4.69) is 31.5 Å². The van der Waals surface area contributed by atoms with Crippen LogP contribution in [0.5, 0.6) is 0 Å². The van der Waals surface area contributed by atoms with E-state index in [9.17, 15) is 14.7 Å². The molecule has 0 spiro atoms. The quantitative estimate of drug-likeness (QED) is 0.251. The van der Waals surface area contributed by atoms with Gasteiger partial charge in [-0.3, -0.25) is 14.9 Å². The van der Waals surface area contributed by atoms with Crippen molar-refractivity contribution in [1.29, 1.82) is 0 Å². The summed E-state index contributed by atoms with van der Waals surface area (Å²) in [4.78, 5) is 26.3. The van der Waals surface area contributed by atoms with Gasteiger partial charge in [-0.15, -0.1) is 5.10 Å². The van der Waals surface area contributed by atoms with Crippen LogP contribution in [0.25, 0.3) is 11.8 Å². The van der Waals surface area contributed by atoms with Gasteiger partial charge in [0.2, 0.25) is 11.8 Å². The number of amides is 2. The van der Waals surface area contributed by atoms with Crippen LogP contribution in [0.3, 0.4) is 0 Å². The van der Waals surface area contributed by atoms with Crippen molar-refractivity contribution >= 4 is 35.2 Å². The van der Waals surface area contributed by atoms with E-state index in [1.807, 2.05) is 36.4 Å². The van der Waals surface area contributed by atoms with E-state index in [1.165, 1.54) is 17.1 Å². The minimum absolute atomic E-state index is 0.302. The number of carbonyl (C=O) groups excluding carboxylic acids is 2. The molecule has 5 rings (SSSR count). The molecule has 2 heterocycles. The number of fused-ring (bicyclic) bond motifs is 1. The molecule has 0 bridgehead atoms. The summed E-state index contributed by atoms with van der Waals surface area (Å²) in [5.74, 6) is -0.792. The van der Waals surface area contributed by atoms with Crippen LogP contribution in [0, 0.1) is 0 Å². The van der Waals surface area contributed by atoms with Crippen molar-refractivity contribution in [3.05, 3.63) is 106 Å². The minimum atomic E-state index is -0.836. The Morgan fingerprint density at radius 2 is 2.00 bits per heavy atom. The SMILES string of the molecule is O=C(/C=C/c1ccc(Cl)cc1-n1cnnn1)NC(Cc1ccccc1)C(=O)Nc1ccc2c(c1)CCNC2O. The summed E-state index contributed by atoms with van der Waals surface area (Å²) < 4.78 is 1.45. The zero-order valence-corrected chi connectivity index (χ0v) is 21.5. The summed E-state index contributed by atoms with van der Waals surface area (Å²) in [6.07, 6.45) is 4.72. The third kappa shape index (κ3) is 6.55. The van der Waals surface area contributed by atoms with E-state index in [1.54, 1.807) is 36.4 Å². The monoisotopic (exact) mass is 543 g/mol. The van der Waals surface area contributed by atoms with Crippen LogP contribution in [0.1, 0.15) is 28.5 Å². The number of nitrogens with one attached hydrogen (secondary N) is 3. The molecular weight excluding hydrogens is 518 g/mol. The fourth-order valence-electron chi connectivity index (χ4n) is 4.42. The molecule has 4 N–H and O–H groups in total. The lowest BCUT2D eigenvalue weighted by Crippen LogP contribution is -2.44. The Morgan fingerprint density at radius 1 is 1.15 bits per heavy atom. The molecule has 11 heteroatoms. The normalized spacial score (nSPS) is 15.5. The van der Waals surface area contributed by atoms with Gasteiger partial charge < -0.3 is 15.7 Å². The average molecular weight is 544 g/mol. The molecule has 2 amide bonds. The first kappa shape index (κ1) is 26.2. The number of tetrazole rings is 1. The number of benzene rings is 3. The molecule has 0 radical (unpaired) electrons. The number of carbonyl (C=O) groups is 2. The van der Waals surface area contributed by atoms with Gasteiger partial charge in [-0.1, -0.05) is 54.1 Å². The van der Waals surface area contributed by atoms with Crippen molar-refractivity contribution in [3.8, 4) is 5.69 Å². The molecule has 39 heavy (non-hydrogen) atoms. The molecule has 3 aromatic carbocycles. The number of aromatic nitrogens is 4. The van der Waals surface area contributed by atoms with E-state index in [0.29, 0.717) is 34.9 Å². The van der Waals surface area contributed by atoms with Crippen molar-refractivity contribution in [2.24, 2.45) is 0 Å². The first-order valence-electron chi connectivity index (χ1n) is 12.4. The Labute approximate surface area is 229 Å². The van der Waals surface area contributed by atoms with Crippen LogP contribution >= 0.6 is 11.6 Å². The summed E-state index contributed by atoms with van der Waals surface area (Å²) in [6, 6.07) is 19.2. The van der Waals surface area contributed by atoms with Crippen molar-refractivity contribution < 1.29 is 14.7 Å². The highest BCUT2D eigenvalue weighted by Crippen LogP contribution is 2.24. The lowest BCUT2D eigenvalue weighted by Gasteiger charge is -2.24. The van der Waals surface area contributed by atoms with Gasteiger partial charge in [-0.05, 0) is 63.9 Å². The predicted molar refractivity (Wildman–Crippen MR) is 147 cm³/mol. The maximum absolute atomic E-state index is 13.4. The Morgan fingerprint density at radius 3 is 2.79 bits per heavy atom. The van der Waals surface area contributed by atoms with Gasteiger partial charge >= 0.3 is 0 Å². The molecular formula is C28H26ClN7O3. The summed E-state index contributed by atoms with van der Waals surface area (Å²) in [6.45, 7) is 0.646. The minimum Gasteiger partial charge on any atom is -0.374 e. The summed E-state index contributed by atoms with van der Waals surface area (Å²) in [5, 5.41) is 30.6. The molecule has 198 valence electrons. The smallest absolute Gasteiger partial charge is 0.247 e. The fourth-order valence-corrected chi connectivity index (χ4v) is 4.59. The highest BCUT2D eigenvalue weighted by atomic mass is 35.5. The molecule has 0 saturated heterocycles. The second kappa shape index (κ2) is 12.0. The van der Waals surface area contributed by atoms with Crippen molar-refractivity contribution in [2.75, 3.05) is 11.9 Å². The number of hydrogen-bond acceptors (Lipinski definition) is 7. The summed E-state index contributed by atoms with van der Waals surface area (Å²) >= 11 is 6.14. The first-order valence-corrected chi connectivity index (χ1v) is 12.7. The molecule has 0 aliphatic carbocycles. The lowest BCUT2D eigenvalue weighted by atomic mass is 9.98. The molecule has 2 unspecified atom stereocenters.